The molecule has 0 saturated heterocycles. The third-order valence-electron chi connectivity index (χ3n) is 4.47. The number of nitrogens with zero attached hydrogens (tertiary/aromatic N) is 1. The van der Waals surface area contributed by atoms with Gasteiger partial charge in [0.05, 0.1) is 11.7 Å². The van der Waals surface area contributed by atoms with E-state index in [0.717, 1.165) is 40.4 Å². The van der Waals surface area contributed by atoms with Gasteiger partial charge in [0.15, 0.2) is 0 Å². The number of hydrogen-bond donors (Lipinski definition) is 2. The highest BCUT2D eigenvalue weighted by Gasteiger charge is 2.10. The lowest BCUT2D eigenvalue weighted by molar-refractivity contribution is -0.132. The van der Waals surface area contributed by atoms with E-state index >= 15 is 0 Å². The average Bonchev–Trinajstić information content (AvgIpc) is 3.23. The summed E-state index contributed by atoms with van der Waals surface area (Å²) >= 11 is 1.51. The molecule has 1 unspecified atom stereocenters. The Morgan fingerprint density at radius 1 is 1.31 bits per heavy atom. The molecule has 0 fully saturated rings. The average molecular weight is 451 g/mol. The van der Waals surface area contributed by atoms with Gasteiger partial charge < -0.3 is 15.6 Å². The molecule has 1 aromatic carbocycles. The maximum Gasteiger partial charge on any atom is 0.331 e. The summed E-state index contributed by atoms with van der Waals surface area (Å²) in [6, 6.07) is 9.84. The zero-order chi connectivity index (χ0) is 23.3. The lowest BCUT2D eigenvalue weighted by Gasteiger charge is -2.08. The van der Waals surface area contributed by atoms with Crippen LogP contribution in [0.3, 0.4) is 0 Å². The van der Waals surface area contributed by atoms with Crippen LogP contribution in [0.2, 0.25) is 0 Å². The summed E-state index contributed by atoms with van der Waals surface area (Å²) in [5, 5.41) is 11.8. The van der Waals surface area contributed by atoms with Crippen molar-refractivity contribution in [1.29, 1.82) is 0 Å². The first-order valence-corrected chi connectivity index (χ1v) is 11.2. The number of aliphatic carboxylic acids is 1. The van der Waals surface area contributed by atoms with Crippen molar-refractivity contribution < 1.29 is 14.6 Å². The number of hydrogen-bond acceptors (Lipinski definition) is 5. The quantitative estimate of drug-likeness (QED) is 0.228. The van der Waals surface area contributed by atoms with Gasteiger partial charge in [0.25, 0.3) is 0 Å². The van der Waals surface area contributed by atoms with Crippen molar-refractivity contribution in [3.63, 3.8) is 0 Å². The zero-order valence-corrected chi connectivity index (χ0v) is 19.3. The molecular formula is C26H30N2O3S. The highest BCUT2D eigenvalue weighted by molar-refractivity contribution is 7.09. The summed E-state index contributed by atoms with van der Waals surface area (Å²) < 4.78 is 5.86. The molecule has 1 atom stereocenters. The lowest BCUT2D eigenvalue weighted by atomic mass is 10.1. The molecule has 0 amide bonds. The van der Waals surface area contributed by atoms with Crippen molar-refractivity contribution in [2.75, 3.05) is 0 Å². The van der Waals surface area contributed by atoms with Crippen LogP contribution in [-0.2, 0) is 16.1 Å². The topological polar surface area (TPSA) is 85.4 Å². The maximum absolute atomic E-state index is 10.9. The molecule has 168 valence electrons. The number of aromatic nitrogens is 1. The van der Waals surface area contributed by atoms with Crippen LogP contribution >= 0.6 is 11.3 Å². The Balaban J connectivity index is 1.87. The monoisotopic (exact) mass is 450 g/mol. The molecule has 32 heavy (non-hydrogen) atoms. The fourth-order valence-corrected chi connectivity index (χ4v) is 3.64. The summed E-state index contributed by atoms with van der Waals surface area (Å²) in [4.78, 5) is 15.5. The minimum Gasteiger partial charge on any atom is -0.489 e. The first-order chi connectivity index (χ1) is 15.4. The number of carboxylic acid groups (broad SMARTS) is 1. The molecule has 0 spiro atoms. The predicted molar refractivity (Wildman–Crippen MR) is 132 cm³/mol. The summed E-state index contributed by atoms with van der Waals surface area (Å²) in [5.74, 6) is -0.178. The van der Waals surface area contributed by atoms with E-state index in [4.69, 9.17) is 15.6 Å². The van der Waals surface area contributed by atoms with Crippen molar-refractivity contribution in [3.8, 4) is 0 Å². The van der Waals surface area contributed by atoms with E-state index in [2.05, 4.69) is 11.6 Å². The van der Waals surface area contributed by atoms with E-state index in [1.54, 1.807) is 19.1 Å². The number of rotatable bonds is 12. The molecule has 2 aromatic rings. The first kappa shape index (κ1) is 25.0. The van der Waals surface area contributed by atoms with Crippen molar-refractivity contribution in [1.82, 2.24) is 4.98 Å². The van der Waals surface area contributed by atoms with Crippen LogP contribution in [-0.4, -0.2) is 16.1 Å². The summed E-state index contributed by atoms with van der Waals surface area (Å²) in [6.07, 6.45) is 12.5. The van der Waals surface area contributed by atoms with Crippen LogP contribution in [0.4, 0.5) is 0 Å². The van der Waals surface area contributed by atoms with Crippen LogP contribution < -0.4 is 5.73 Å². The molecule has 0 aliphatic carbocycles. The SMILES string of the molecule is C=C/C=C(\C=C/CCC(N)c1nc(/C=C(C)/C=C(\C)C(=O)O)cs1)OCc1ccccc1. The second-order valence-corrected chi connectivity index (χ2v) is 8.19. The van der Waals surface area contributed by atoms with Gasteiger partial charge in [-0.2, -0.15) is 0 Å². The van der Waals surface area contributed by atoms with Gasteiger partial charge in [0.2, 0.25) is 0 Å². The fraction of sp³-hybridized carbons (Fsp3) is 0.231. The van der Waals surface area contributed by atoms with E-state index < -0.39 is 5.97 Å². The van der Waals surface area contributed by atoms with E-state index in [1.807, 2.05) is 66.9 Å². The van der Waals surface area contributed by atoms with Crippen LogP contribution in [0.15, 0.2) is 89.6 Å². The standard InChI is InChI=1S/C26H30N2O3S/c1-4-10-23(31-17-21-11-6-5-7-12-21)13-8-9-14-24(27)25-28-22(18-32-25)16-19(2)15-20(3)26(29)30/h4-8,10-13,15-16,18,24H,1,9,14,17,27H2,2-3H3,(H,29,30)/b13-8-,19-16+,20-15+,23-10+. The maximum atomic E-state index is 10.9. The molecule has 5 nitrogen and oxygen atoms in total. The largest absolute Gasteiger partial charge is 0.489 e. The highest BCUT2D eigenvalue weighted by atomic mass is 32.1. The number of nitrogens with two attached hydrogens (primary N) is 1. The second-order valence-electron chi connectivity index (χ2n) is 7.30. The van der Waals surface area contributed by atoms with Gasteiger partial charge in [-0.15, -0.1) is 11.3 Å². The van der Waals surface area contributed by atoms with E-state index in [1.165, 1.54) is 11.3 Å². The molecular weight excluding hydrogens is 420 g/mol. The highest BCUT2D eigenvalue weighted by Crippen LogP contribution is 2.22. The van der Waals surface area contributed by atoms with Gasteiger partial charge in [-0.3, -0.25) is 0 Å². The van der Waals surface area contributed by atoms with Gasteiger partial charge in [-0.1, -0.05) is 49.1 Å². The van der Waals surface area contributed by atoms with Crippen molar-refractivity contribution in [2.45, 2.75) is 39.3 Å². The Kier molecular flexibility index (Phi) is 10.4. The third kappa shape index (κ3) is 8.88. The van der Waals surface area contributed by atoms with E-state index in [9.17, 15) is 4.79 Å². The van der Waals surface area contributed by atoms with Crippen molar-refractivity contribution in [3.05, 3.63) is 106 Å². The number of carbonyl (C=O) groups is 1. The smallest absolute Gasteiger partial charge is 0.331 e. The molecule has 0 aliphatic rings. The Labute approximate surface area is 194 Å². The Morgan fingerprint density at radius 2 is 2.06 bits per heavy atom. The summed E-state index contributed by atoms with van der Waals surface area (Å²) in [7, 11) is 0. The Morgan fingerprint density at radius 3 is 2.75 bits per heavy atom. The van der Waals surface area contributed by atoms with Gasteiger partial charge >= 0.3 is 5.97 Å². The summed E-state index contributed by atoms with van der Waals surface area (Å²) in [6.45, 7) is 7.66. The van der Waals surface area contributed by atoms with Crippen LogP contribution in [0, 0.1) is 0 Å². The molecule has 0 saturated carbocycles. The normalized spacial score (nSPS) is 13.9. The van der Waals surface area contributed by atoms with Gasteiger partial charge in [-0.05, 0) is 62.1 Å². The molecule has 0 aliphatic heterocycles. The van der Waals surface area contributed by atoms with Gasteiger partial charge in [0.1, 0.15) is 17.4 Å². The second kappa shape index (κ2) is 13.2. The minimum atomic E-state index is -0.927. The summed E-state index contributed by atoms with van der Waals surface area (Å²) in [5.41, 5.74) is 9.32. The van der Waals surface area contributed by atoms with Crippen LogP contribution in [0.1, 0.15) is 49.0 Å². The fourth-order valence-electron chi connectivity index (χ4n) is 2.82. The third-order valence-corrected chi connectivity index (χ3v) is 5.47. The number of thiazole rings is 1. The number of ether oxygens (including phenoxy) is 1. The van der Waals surface area contributed by atoms with Crippen LogP contribution in [0.5, 0.6) is 0 Å². The number of carboxylic acids is 1. The molecule has 0 radical (unpaired) electrons. The minimum absolute atomic E-state index is 0.166. The predicted octanol–water partition coefficient (Wildman–Crippen LogP) is 6.20. The first-order valence-electron chi connectivity index (χ1n) is 10.4. The lowest BCUT2D eigenvalue weighted by Crippen LogP contribution is -2.09. The van der Waals surface area contributed by atoms with Gasteiger partial charge in [-0.25, -0.2) is 9.78 Å². The van der Waals surface area contributed by atoms with Crippen molar-refractivity contribution >= 4 is 23.4 Å². The van der Waals surface area contributed by atoms with Gasteiger partial charge in [0, 0.05) is 11.0 Å². The molecule has 1 heterocycles. The molecule has 3 N–H and O–H groups in total. The Hall–Kier alpha value is -3.22. The molecule has 0 bridgehead atoms. The van der Waals surface area contributed by atoms with E-state index in [-0.39, 0.29) is 11.6 Å². The number of allylic oxidation sites excluding steroid dienone is 6. The molecule has 2 rings (SSSR count). The van der Waals surface area contributed by atoms with Crippen LogP contribution in [0.25, 0.3) is 6.08 Å². The zero-order valence-electron chi connectivity index (χ0n) is 18.5. The van der Waals surface area contributed by atoms with Crippen molar-refractivity contribution in [2.24, 2.45) is 5.73 Å². The molecule has 1 aromatic heterocycles. The number of benzene rings is 1. The Bertz CT molecular complexity index is 1020. The molecule has 6 heteroatoms. The van der Waals surface area contributed by atoms with E-state index in [0.29, 0.717) is 6.61 Å².